The van der Waals surface area contributed by atoms with Crippen molar-refractivity contribution in [2.24, 2.45) is 0 Å². The average Bonchev–Trinajstić information content (AvgIpc) is 2.98. The van der Waals surface area contributed by atoms with Crippen molar-refractivity contribution in [2.75, 3.05) is 19.3 Å². The Balaban J connectivity index is 2.06. The number of rotatable bonds is 2. The van der Waals surface area contributed by atoms with Crippen LogP contribution < -0.4 is 16.7 Å². The molecule has 2 aliphatic rings. The number of urea groups is 1. The quantitative estimate of drug-likeness (QED) is 0.654. The fourth-order valence-electron chi connectivity index (χ4n) is 3.43. The maximum absolute atomic E-state index is 12.2. The van der Waals surface area contributed by atoms with Gasteiger partial charge in [0.05, 0.1) is 6.54 Å². The number of nitrogens with two attached hydrogens (primary N) is 1. The summed E-state index contributed by atoms with van der Waals surface area (Å²) in [6.45, 7) is 3.89. The average molecular weight is 323 g/mol. The topological polar surface area (TPSA) is 123 Å². The van der Waals surface area contributed by atoms with Crippen molar-refractivity contribution in [3.05, 3.63) is 22.2 Å². The Hall–Kier alpha value is -2.13. The van der Waals surface area contributed by atoms with Gasteiger partial charge in [-0.15, -0.1) is 0 Å². The maximum Gasteiger partial charge on any atom is 0.351 e. The van der Waals surface area contributed by atoms with Crippen molar-refractivity contribution in [1.29, 1.82) is 0 Å². The lowest BCUT2D eigenvalue weighted by Gasteiger charge is -2.36. The summed E-state index contributed by atoms with van der Waals surface area (Å²) in [4.78, 5) is 29.6. The van der Waals surface area contributed by atoms with E-state index in [9.17, 15) is 14.7 Å². The van der Waals surface area contributed by atoms with Crippen molar-refractivity contribution < 1.29 is 14.6 Å². The molecule has 1 aromatic rings. The number of hydrogen-bond donors (Lipinski definition) is 3. The molecule has 0 spiro atoms. The van der Waals surface area contributed by atoms with Crippen molar-refractivity contribution in [2.45, 2.75) is 44.2 Å². The third-order valence-corrected chi connectivity index (χ3v) is 4.83. The Morgan fingerprint density at radius 1 is 1.65 bits per heavy atom. The molecule has 9 nitrogen and oxygen atoms in total. The number of carbonyl (C=O) groups excluding carboxylic acids is 1. The maximum atomic E-state index is 12.2. The highest BCUT2D eigenvalue weighted by Gasteiger charge is 2.64. The van der Waals surface area contributed by atoms with E-state index >= 15 is 0 Å². The van der Waals surface area contributed by atoms with Crippen molar-refractivity contribution in [3.8, 4) is 0 Å². The van der Waals surface area contributed by atoms with E-state index in [1.54, 1.807) is 13.1 Å². The summed E-state index contributed by atoms with van der Waals surface area (Å²) in [6, 6.07) is -0.969. The predicted molar refractivity (Wildman–Crippen MR) is 81.7 cm³/mol. The Labute approximate surface area is 133 Å². The number of likely N-dealkylation sites (tertiary alicyclic amines) is 1. The summed E-state index contributed by atoms with van der Waals surface area (Å²) < 4.78 is 7.30. The van der Waals surface area contributed by atoms with Crippen LogP contribution in [0, 0.1) is 6.92 Å². The van der Waals surface area contributed by atoms with Crippen LogP contribution in [0.15, 0.2) is 11.0 Å². The molecule has 0 aliphatic carbocycles. The minimum absolute atomic E-state index is 0.156. The number of hydrogen-bond acceptors (Lipinski definition) is 6. The minimum Gasteiger partial charge on any atom is -0.388 e. The molecule has 0 unspecified atom stereocenters. The molecule has 4 N–H and O–H groups in total. The van der Waals surface area contributed by atoms with Crippen LogP contribution in [0.1, 0.15) is 25.1 Å². The van der Waals surface area contributed by atoms with E-state index in [4.69, 9.17) is 10.5 Å². The Morgan fingerprint density at radius 3 is 2.91 bits per heavy atom. The summed E-state index contributed by atoms with van der Waals surface area (Å²) in [5.74, 6) is 0.156. The molecule has 0 saturated carbocycles. The molecule has 2 aliphatic heterocycles. The number of nitrogens with one attached hydrogen (secondary N) is 1. The number of carbonyl (C=O) groups is 1. The molecule has 3 heterocycles. The first-order valence-corrected chi connectivity index (χ1v) is 7.54. The Morgan fingerprint density at radius 2 is 2.35 bits per heavy atom. The van der Waals surface area contributed by atoms with Crippen LogP contribution in [0.2, 0.25) is 0 Å². The highest BCUT2D eigenvalue weighted by Crippen LogP contribution is 2.47. The molecular formula is C14H21N5O4. The number of fused-ring (bicyclic) bond motifs is 2. The second kappa shape index (κ2) is 5.20. The van der Waals surface area contributed by atoms with Crippen LogP contribution in [0.3, 0.4) is 0 Å². The van der Waals surface area contributed by atoms with E-state index in [2.05, 4.69) is 10.3 Å². The molecule has 0 aromatic carbocycles. The number of aliphatic hydroxyl groups is 1. The van der Waals surface area contributed by atoms with Gasteiger partial charge in [0.25, 0.3) is 0 Å². The zero-order valence-electron chi connectivity index (χ0n) is 13.3. The molecule has 2 saturated heterocycles. The largest absolute Gasteiger partial charge is 0.388 e. The molecule has 0 radical (unpaired) electrons. The molecule has 126 valence electrons. The summed E-state index contributed by atoms with van der Waals surface area (Å²) in [7, 11) is 1.52. The number of morpholine rings is 1. The number of aromatic nitrogens is 2. The molecule has 2 bridgehead atoms. The zero-order valence-corrected chi connectivity index (χ0v) is 13.3. The molecule has 2 amide bonds. The summed E-state index contributed by atoms with van der Waals surface area (Å²) in [5.41, 5.74) is 4.83. The Kier molecular flexibility index (Phi) is 3.56. The lowest BCUT2D eigenvalue weighted by molar-refractivity contribution is -0.130. The van der Waals surface area contributed by atoms with E-state index in [0.29, 0.717) is 12.0 Å². The van der Waals surface area contributed by atoms with E-state index in [0.717, 1.165) is 0 Å². The number of aryl methyl sites for hydroxylation is 1. The highest BCUT2D eigenvalue weighted by molar-refractivity contribution is 5.75. The molecule has 2 fully saturated rings. The summed E-state index contributed by atoms with van der Waals surface area (Å²) in [5, 5.41) is 13.2. The van der Waals surface area contributed by atoms with Crippen LogP contribution in [0.25, 0.3) is 0 Å². The van der Waals surface area contributed by atoms with Crippen LogP contribution in [-0.2, 0) is 4.74 Å². The molecule has 4 atom stereocenters. The van der Waals surface area contributed by atoms with Gasteiger partial charge in [-0.3, -0.25) is 4.57 Å². The van der Waals surface area contributed by atoms with Gasteiger partial charge < -0.3 is 25.8 Å². The van der Waals surface area contributed by atoms with Crippen molar-refractivity contribution in [3.63, 3.8) is 0 Å². The van der Waals surface area contributed by atoms with Crippen molar-refractivity contribution in [1.82, 2.24) is 19.8 Å². The third kappa shape index (κ3) is 2.11. The van der Waals surface area contributed by atoms with Gasteiger partial charge in [0.1, 0.15) is 23.6 Å². The summed E-state index contributed by atoms with van der Waals surface area (Å²) in [6.07, 6.45) is 0.397. The normalized spacial score (nSPS) is 32.3. The van der Waals surface area contributed by atoms with Gasteiger partial charge in [0.2, 0.25) is 0 Å². The second-order valence-electron chi connectivity index (χ2n) is 6.04. The van der Waals surface area contributed by atoms with Gasteiger partial charge in [0.15, 0.2) is 6.23 Å². The Bertz CT molecular complexity index is 705. The third-order valence-electron chi connectivity index (χ3n) is 4.83. The van der Waals surface area contributed by atoms with E-state index in [1.165, 1.54) is 16.5 Å². The fourth-order valence-corrected chi connectivity index (χ4v) is 3.43. The first kappa shape index (κ1) is 15.8. The minimum atomic E-state index is -0.878. The number of amides is 2. The molecule has 9 heteroatoms. The van der Waals surface area contributed by atoms with Gasteiger partial charge in [-0.05, 0) is 13.3 Å². The highest BCUT2D eigenvalue weighted by atomic mass is 16.6. The zero-order chi connectivity index (χ0) is 16.9. The monoisotopic (exact) mass is 323 g/mol. The molecule has 1 aromatic heterocycles. The smallest absolute Gasteiger partial charge is 0.351 e. The first-order chi connectivity index (χ1) is 10.8. The molecule has 23 heavy (non-hydrogen) atoms. The van der Waals surface area contributed by atoms with Gasteiger partial charge in [0, 0.05) is 18.8 Å². The predicted octanol–water partition coefficient (Wildman–Crippen LogP) is -0.804. The van der Waals surface area contributed by atoms with Crippen LogP contribution >= 0.6 is 0 Å². The number of ether oxygens (including phenoxy) is 1. The number of nitrogen functional groups attached to an aromatic ring is 1. The fraction of sp³-hybridized carbons (Fsp3) is 0.643. The SMILES string of the molecule is CC[C@@]12CN(C(=O)NC)[C@@H]([C@H](n3cc(C)c(N)nc3=O)O1)[C@@H]2O. The van der Waals surface area contributed by atoms with Crippen LogP contribution in [-0.4, -0.2) is 56.9 Å². The standard InChI is InChI=1S/C14H21N5O4/c1-4-14-6-19(12(21)16-3)8(9(14)20)11(23-14)18-5-7(2)10(15)17-13(18)22/h5,8-9,11,20H,4,6H2,1-3H3,(H,16,21)(H2,15,17,22)/t8-,9+,11-,14+/m1/s1. The van der Waals surface area contributed by atoms with Crippen LogP contribution in [0.5, 0.6) is 0 Å². The van der Waals surface area contributed by atoms with Crippen molar-refractivity contribution >= 4 is 11.8 Å². The van der Waals surface area contributed by atoms with E-state index in [-0.39, 0.29) is 18.4 Å². The van der Waals surface area contributed by atoms with Crippen LogP contribution in [0.4, 0.5) is 10.6 Å². The summed E-state index contributed by atoms with van der Waals surface area (Å²) >= 11 is 0. The lowest BCUT2D eigenvalue weighted by Crippen LogP contribution is -2.52. The number of anilines is 1. The molecular weight excluding hydrogens is 302 g/mol. The van der Waals surface area contributed by atoms with Gasteiger partial charge in [-0.25, -0.2) is 9.59 Å². The lowest BCUT2D eigenvalue weighted by atomic mass is 9.96. The first-order valence-electron chi connectivity index (χ1n) is 7.54. The number of aliphatic hydroxyl groups excluding tert-OH is 1. The van der Waals surface area contributed by atoms with E-state index < -0.39 is 29.7 Å². The van der Waals surface area contributed by atoms with Gasteiger partial charge in [-0.1, -0.05) is 6.92 Å². The van der Waals surface area contributed by atoms with Gasteiger partial charge >= 0.3 is 11.7 Å². The molecule has 3 rings (SSSR count). The number of nitrogens with zero attached hydrogens (tertiary/aromatic N) is 3. The van der Waals surface area contributed by atoms with E-state index in [1.807, 2.05) is 6.92 Å². The van der Waals surface area contributed by atoms with Gasteiger partial charge in [-0.2, -0.15) is 4.98 Å². The second-order valence-corrected chi connectivity index (χ2v) is 6.04.